The Balaban J connectivity index is 1.39. The maximum atomic E-state index is 13.9. The largest absolute Gasteiger partial charge is 0.497 e. The van der Waals surface area contributed by atoms with Gasteiger partial charge in [-0.2, -0.15) is 0 Å². The van der Waals surface area contributed by atoms with Crippen LogP contribution >= 0.6 is 0 Å². The van der Waals surface area contributed by atoms with Gasteiger partial charge in [-0.15, -0.1) is 0 Å². The van der Waals surface area contributed by atoms with Crippen LogP contribution in [0.3, 0.4) is 0 Å². The normalized spacial score (nSPS) is 26.8. The van der Waals surface area contributed by atoms with Crippen molar-refractivity contribution in [1.29, 1.82) is 0 Å². The fourth-order valence-electron chi connectivity index (χ4n) is 6.30. The lowest BCUT2D eigenvalue weighted by Crippen LogP contribution is -2.53. The summed E-state index contributed by atoms with van der Waals surface area (Å²) in [6.07, 6.45) is 1.68. The number of hydrogen-bond donors (Lipinski definition) is 3. The Kier molecular flexibility index (Phi) is 7.76. The van der Waals surface area contributed by atoms with Crippen LogP contribution in [-0.2, 0) is 19.1 Å². The van der Waals surface area contributed by atoms with Crippen LogP contribution < -0.4 is 20.1 Å². The second-order valence-corrected chi connectivity index (χ2v) is 10.2. The number of nitrogens with zero attached hydrogens (tertiary/aromatic N) is 1. The van der Waals surface area contributed by atoms with Crippen LogP contribution in [-0.4, -0.2) is 72.3 Å². The Bertz CT molecular complexity index is 1200. The van der Waals surface area contributed by atoms with Crippen LogP contribution in [0, 0.1) is 11.8 Å². The molecule has 5 rings (SSSR count). The van der Waals surface area contributed by atoms with E-state index >= 15 is 0 Å². The van der Waals surface area contributed by atoms with E-state index < -0.39 is 29.6 Å². The molecule has 3 heterocycles. The number of likely N-dealkylation sites (tertiary alicyclic amines) is 1. The molecule has 10 heteroatoms. The van der Waals surface area contributed by atoms with Crippen molar-refractivity contribution < 1.29 is 33.7 Å². The number of aliphatic hydroxyl groups is 1. The quantitative estimate of drug-likeness (QED) is 0.376. The lowest BCUT2D eigenvalue weighted by molar-refractivity contribution is -0.139. The van der Waals surface area contributed by atoms with Gasteiger partial charge in [0.2, 0.25) is 17.7 Å². The molecule has 2 unspecified atom stereocenters. The van der Waals surface area contributed by atoms with Crippen LogP contribution in [0.25, 0.3) is 0 Å². The van der Waals surface area contributed by atoms with Gasteiger partial charge in [0.15, 0.2) is 0 Å². The number of methoxy groups -OCH3 is 1. The molecule has 0 aliphatic carbocycles. The standard InChI is InChI=1S/C29H35N3O7/c1-3-38-21-12-8-18(9-13-21)30-26(34)23-22-14-15-29(39-22)24(23)28(36)32(16-4-5-17-33)25(29)27(35)31-19-6-10-20(37-2)11-7-19/h6-13,22-25,33H,3-5,14-17H2,1-2H3,(H,30,34)(H,31,35)/t22-,23+,24+,25?,29?/m1/s1. The third-order valence-electron chi connectivity index (χ3n) is 7.95. The van der Waals surface area contributed by atoms with Gasteiger partial charge < -0.3 is 34.9 Å². The van der Waals surface area contributed by atoms with Gasteiger partial charge in [0.1, 0.15) is 23.1 Å². The zero-order valence-electron chi connectivity index (χ0n) is 22.2. The first-order valence-electron chi connectivity index (χ1n) is 13.5. The average molecular weight is 538 g/mol. The maximum Gasteiger partial charge on any atom is 0.250 e. The molecule has 39 heavy (non-hydrogen) atoms. The number of aliphatic hydroxyl groups excluding tert-OH is 1. The SMILES string of the molecule is CCOc1ccc(NC(=O)[C@@H]2[C@H]3C(=O)N(CCCCO)C(C(=O)Nc4ccc(OC)cc4)C34CC[C@H]2O4)cc1. The van der Waals surface area contributed by atoms with Gasteiger partial charge in [0, 0.05) is 24.5 Å². The first-order chi connectivity index (χ1) is 18.9. The van der Waals surface area contributed by atoms with Crippen molar-refractivity contribution in [2.24, 2.45) is 11.8 Å². The van der Waals surface area contributed by atoms with Gasteiger partial charge in [-0.1, -0.05) is 0 Å². The summed E-state index contributed by atoms with van der Waals surface area (Å²) in [6.45, 7) is 2.72. The fraction of sp³-hybridized carbons (Fsp3) is 0.483. The van der Waals surface area contributed by atoms with Crippen molar-refractivity contribution in [3.05, 3.63) is 48.5 Å². The first-order valence-corrected chi connectivity index (χ1v) is 13.5. The number of nitrogens with one attached hydrogen (secondary N) is 2. The van der Waals surface area contributed by atoms with E-state index in [9.17, 15) is 19.5 Å². The summed E-state index contributed by atoms with van der Waals surface area (Å²) >= 11 is 0. The van der Waals surface area contributed by atoms with Crippen molar-refractivity contribution in [3.63, 3.8) is 0 Å². The molecule has 3 aliphatic rings. The molecule has 10 nitrogen and oxygen atoms in total. The van der Waals surface area contributed by atoms with Gasteiger partial charge >= 0.3 is 0 Å². The number of amides is 3. The van der Waals surface area contributed by atoms with E-state index in [0.29, 0.717) is 61.7 Å². The number of carbonyl (C=O) groups is 3. The minimum atomic E-state index is -1.08. The van der Waals surface area contributed by atoms with E-state index in [1.165, 1.54) is 0 Å². The van der Waals surface area contributed by atoms with E-state index in [0.717, 1.165) is 0 Å². The molecule has 0 saturated carbocycles. The van der Waals surface area contributed by atoms with Crippen molar-refractivity contribution in [2.45, 2.75) is 50.4 Å². The molecule has 3 aliphatic heterocycles. The summed E-state index contributed by atoms with van der Waals surface area (Å²) < 4.78 is 17.1. The van der Waals surface area contributed by atoms with Crippen molar-refractivity contribution in [1.82, 2.24) is 4.90 Å². The summed E-state index contributed by atoms with van der Waals surface area (Å²) in [4.78, 5) is 42.8. The highest BCUT2D eigenvalue weighted by atomic mass is 16.5. The molecule has 3 fully saturated rings. The number of anilines is 2. The summed E-state index contributed by atoms with van der Waals surface area (Å²) in [5.41, 5.74) is 0.0818. The zero-order valence-corrected chi connectivity index (χ0v) is 22.2. The average Bonchev–Trinajstić information content (AvgIpc) is 3.58. The van der Waals surface area contributed by atoms with E-state index in [1.54, 1.807) is 60.5 Å². The topological polar surface area (TPSA) is 126 Å². The number of fused-ring (bicyclic) bond motifs is 1. The number of rotatable bonds is 11. The Hall–Kier alpha value is -3.63. The summed E-state index contributed by atoms with van der Waals surface area (Å²) in [5, 5.41) is 15.2. The molecule has 208 valence electrons. The number of unbranched alkanes of at least 4 members (excludes halogenated alkanes) is 1. The van der Waals surface area contributed by atoms with Gasteiger partial charge in [0.25, 0.3) is 0 Å². The highest BCUT2D eigenvalue weighted by molar-refractivity contribution is 6.05. The van der Waals surface area contributed by atoms with Crippen molar-refractivity contribution in [3.8, 4) is 11.5 Å². The first kappa shape index (κ1) is 27.0. The van der Waals surface area contributed by atoms with Gasteiger partial charge in [-0.3, -0.25) is 14.4 Å². The third-order valence-corrected chi connectivity index (χ3v) is 7.95. The van der Waals surface area contributed by atoms with E-state index in [4.69, 9.17) is 14.2 Å². The van der Waals surface area contributed by atoms with Crippen LogP contribution in [0.5, 0.6) is 11.5 Å². The van der Waals surface area contributed by atoms with E-state index in [2.05, 4.69) is 10.6 Å². The summed E-state index contributed by atoms with van der Waals surface area (Å²) in [6, 6.07) is 13.2. The predicted octanol–water partition coefficient (Wildman–Crippen LogP) is 2.82. The van der Waals surface area contributed by atoms with Crippen molar-refractivity contribution >= 4 is 29.1 Å². The Morgan fingerprint density at radius 3 is 2.28 bits per heavy atom. The molecule has 5 atom stereocenters. The molecular weight excluding hydrogens is 502 g/mol. The molecule has 2 aromatic carbocycles. The zero-order chi connectivity index (χ0) is 27.6. The molecule has 0 radical (unpaired) electrons. The van der Waals surface area contributed by atoms with Crippen LogP contribution in [0.15, 0.2) is 48.5 Å². The van der Waals surface area contributed by atoms with Crippen molar-refractivity contribution in [2.75, 3.05) is 37.5 Å². The van der Waals surface area contributed by atoms with Gasteiger partial charge in [-0.05, 0) is 81.1 Å². The van der Waals surface area contributed by atoms with Crippen LogP contribution in [0.2, 0.25) is 0 Å². The van der Waals surface area contributed by atoms with Crippen LogP contribution in [0.1, 0.15) is 32.6 Å². The lowest BCUT2D eigenvalue weighted by atomic mass is 9.70. The molecule has 3 amide bonds. The molecule has 2 bridgehead atoms. The highest BCUT2D eigenvalue weighted by Gasteiger charge is 2.74. The predicted molar refractivity (Wildman–Crippen MR) is 144 cm³/mol. The molecule has 0 aromatic heterocycles. The van der Waals surface area contributed by atoms with E-state index in [1.807, 2.05) is 6.92 Å². The minimum Gasteiger partial charge on any atom is -0.497 e. The monoisotopic (exact) mass is 537 g/mol. The molecule has 3 saturated heterocycles. The smallest absolute Gasteiger partial charge is 0.250 e. The van der Waals surface area contributed by atoms with E-state index in [-0.39, 0.29) is 24.3 Å². The van der Waals surface area contributed by atoms with Crippen LogP contribution in [0.4, 0.5) is 11.4 Å². The third kappa shape index (κ3) is 4.94. The summed E-state index contributed by atoms with van der Waals surface area (Å²) in [5.74, 6) is -1.02. The second kappa shape index (κ2) is 11.2. The van der Waals surface area contributed by atoms with Gasteiger partial charge in [-0.25, -0.2) is 0 Å². The minimum absolute atomic E-state index is 0.00892. The number of hydrogen-bond acceptors (Lipinski definition) is 7. The second-order valence-electron chi connectivity index (χ2n) is 10.2. The maximum absolute atomic E-state index is 13.9. The molecule has 1 spiro atoms. The molecule has 2 aromatic rings. The number of carbonyl (C=O) groups excluding carboxylic acids is 3. The highest BCUT2D eigenvalue weighted by Crippen LogP contribution is 2.58. The Labute approximate surface area is 227 Å². The Morgan fingerprint density at radius 1 is 1.03 bits per heavy atom. The Morgan fingerprint density at radius 2 is 1.67 bits per heavy atom. The lowest BCUT2D eigenvalue weighted by Gasteiger charge is -2.33. The molecule has 3 N–H and O–H groups in total. The summed E-state index contributed by atoms with van der Waals surface area (Å²) in [7, 11) is 1.57. The fourth-order valence-corrected chi connectivity index (χ4v) is 6.30. The molecular formula is C29H35N3O7. The number of ether oxygens (including phenoxy) is 3. The van der Waals surface area contributed by atoms with Gasteiger partial charge in [0.05, 0.1) is 31.7 Å². The number of benzene rings is 2.